The van der Waals surface area contributed by atoms with Crippen molar-refractivity contribution in [3.05, 3.63) is 27.8 Å². The van der Waals surface area contributed by atoms with E-state index in [0.29, 0.717) is 6.07 Å². The minimum atomic E-state index is -4.01. The number of nitrogens with zero attached hydrogens (tertiary/aromatic N) is 1. The summed E-state index contributed by atoms with van der Waals surface area (Å²) in [5.74, 6) is -2.04. The molecule has 0 aliphatic rings. The van der Waals surface area contributed by atoms with Gasteiger partial charge in [-0.1, -0.05) is 0 Å². The molecule has 10 heteroatoms. The molecule has 0 radical (unpaired) electrons. The number of rotatable bonds is 4. The second-order valence-corrected chi connectivity index (χ2v) is 5.18. The molecule has 104 valence electrons. The third-order valence-electron chi connectivity index (χ3n) is 2.24. The molecule has 0 fully saturated rings. The number of methoxy groups -OCH3 is 1. The van der Waals surface area contributed by atoms with Gasteiger partial charge >= 0.3 is 11.7 Å². The summed E-state index contributed by atoms with van der Waals surface area (Å²) < 4.78 is 29.4. The fourth-order valence-electron chi connectivity index (χ4n) is 1.27. The van der Waals surface area contributed by atoms with Gasteiger partial charge < -0.3 is 9.84 Å². The van der Waals surface area contributed by atoms with Gasteiger partial charge in [-0.05, 0) is 13.1 Å². The summed E-state index contributed by atoms with van der Waals surface area (Å²) >= 11 is 0. The number of phenolic OH excluding ortho intramolecular Hbond substituents is 1. The standard InChI is InChI=1S/C9H10N2O7S/c1-10-19(16,17)5-3-6(9(13)18-2)8(12)7(4-5)11(14)15/h3-4,10,12H,1-2H3. The lowest BCUT2D eigenvalue weighted by atomic mass is 10.1. The molecule has 0 atom stereocenters. The number of hydrogen-bond donors (Lipinski definition) is 2. The molecule has 1 aromatic carbocycles. The summed E-state index contributed by atoms with van der Waals surface area (Å²) in [6.07, 6.45) is 0. The Labute approximate surface area is 108 Å². The van der Waals surface area contributed by atoms with Crippen LogP contribution in [0.3, 0.4) is 0 Å². The van der Waals surface area contributed by atoms with Crippen LogP contribution in [0.5, 0.6) is 5.75 Å². The normalized spacial score (nSPS) is 11.1. The van der Waals surface area contributed by atoms with Crippen LogP contribution in [0.15, 0.2) is 17.0 Å². The van der Waals surface area contributed by atoms with Crippen molar-refractivity contribution >= 4 is 21.7 Å². The number of hydrogen-bond acceptors (Lipinski definition) is 7. The van der Waals surface area contributed by atoms with Crippen LogP contribution in [0.4, 0.5) is 5.69 Å². The SMILES string of the molecule is CNS(=O)(=O)c1cc(C(=O)OC)c(O)c([N+](=O)[O-])c1. The van der Waals surface area contributed by atoms with Crippen molar-refractivity contribution in [2.45, 2.75) is 4.90 Å². The smallest absolute Gasteiger partial charge is 0.341 e. The molecular formula is C9H10N2O7S. The lowest BCUT2D eigenvalue weighted by Gasteiger charge is -2.07. The first-order valence-corrected chi connectivity index (χ1v) is 6.26. The zero-order valence-electron chi connectivity index (χ0n) is 9.91. The van der Waals surface area contributed by atoms with Gasteiger partial charge in [-0.3, -0.25) is 10.1 Å². The van der Waals surface area contributed by atoms with Crippen molar-refractivity contribution < 1.29 is 28.0 Å². The Morgan fingerprint density at radius 2 is 2.05 bits per heavy atom. The first kappa shape index (κ1) is 14.9. The van der Waals surface area contributed by atoms with Crippen LogP contribution in [0.25, 0.3) is 0 Å². The van der Waals surface area contributed by atoms with E-state index in [1.165, 1.54) is 0 Å². The number of esters is 1. The van der Waals surface area contributed by atoms with E-state index in [0.717, 1.165) is 20.2 Å². The van der Waals surface area contributed by atoms with Gasteiger partial charge in [-0.15, -0.1) is 0 Å². The van der Waals surface area contributed by atoms with Crippen LogP contribution in [-0.4, -0.2) is 38.6 Å². The zero-order chi connectivity index (χ0) is 14.8. The topological polar surface area (TPSA) is 136 Å². The van der Waals surface area contributed by atoms with Crippen molar-refractivity contribution in [2.75, 3.05) is 14.2 Å². The van der Waals surface area contributed by atoms with Crippen LogP contribution < -0.4 is 4.72 Å². The zero-order valence-corrected chi connectivity index (χ0v) is 10.7. The monoisotopic (exact) mass is 290 g/mol. The molecule has 0 heterocycles. The number of carbonyl (C=O) groups excluding carboxylic acids is 1. The van der Waals surface area contributed by atoms with E-state index in [9.17, 15) is 28.4 Å². The Hall–Kier alpha value is -2.20. The number of phenols is 1. The van der Waals surface area contributed by atoms with E-state index < -0.39 is 42.8 Å². The largest absolute Gasteiger partial charge is 0.501 e. The van der Waals surface area contributed by atoms with E-state index in [1.807, 2.05) is 4.72 Å². The fourth-order valence-corrected chi connectivity index (χ4v) is 2.05. The summed E-state index contributed by atoms with van der Waals surface area (Å²) in [4.78, 5) is 20.6. The van der Waals surface area contributed by atoms with Crippen LogP contribution in [0, 0.1) is 10.1 Å². The average Bonchev–Trinajstić information content (AvgIpc) is 2.37. The number of aromatic hydroxyl groups is 1. The van der Waals surface area contributed by atoms with Crippen molar-refractivity contribution in [1.29, 1.82) is 0 Å². The van der Waals surface area contributed by atoms with Gasteiger partial charge in [0.05, 0.1) is 16.9 Å². The number of sulfonamides is 1. The maximum absolute atomic E-state index is 11.6. The molecule has 9 nitrogen and oxygen atoms in total. The maximum atomic E-state index is 11.6. The van der Waals surface area contributed by atoms with Gasteiger partial charge in [0.25, 0.3) is 0 Å². The van der Waals surface area contributed by atoms with Gasteiger partial charge in [0.1, 0.15) is 5.56 Å². The summed E-state index contributed by atoms with van der Waals surface area (Å²) in [7, 11) is -1.91. The highest BCUT2D eigenvalue weighted by Crippen LogP contribution is 2.33. The molecule has 0 aromatic heterocycles. The highest BCUT2D eigenvalue weighted by molar-refractivity contribution is 7.89. The first-order chi connectivity index (χ1) is 8.74. The number of ether oxygens (including phenoxy) is 1. The van der Waals surface area contributed by atoms with Gasteiger partial charge in [-0.2, -0.15) is 0 Å². The Bertz CT molecular complexity index is 638. The molecule has 1 rings (SSSR count). The molecule has 2 N–H and O–H groups in total. The predicted molar refractivity (Wildman–Crippen MR) is 62.3 cm³/mol. The van der Waals surface area contributed by atoms with Gasteiger partial charge in [0, 0.05) is 6.07 Å². The minimum absolute atomic E-state index is 0.528. The molecule has 0 unspecified atom stereocenters. The third kappa shape index (κ3) is 2.80. The quantitative estimate of drug-likeness (QED) is 0.452. The summed E-state index contributed by atoms with van der Waals surface area (Å²) in [6.45, 7) is 0. The highest BCUT2D eigenvalue weighted by atomic mass is 32.2. The lowest BCUT2D eigenvalue weighted by molar-refractivity contribution is -0.386. The Morgan fingerprint density at radius 3 is 2.47 bits per heavy atom. The van der Waals surface area contributed by atoms with E-state index >= 15 is 0 Å². The Morgan fingerprint density at radius 1 is 1.47 bits per heavy atom. The van der Waals surface area contributed by atoms with Crippen LogP contribution >= 0.6 is 0 Å². The van der Waals surface area contributed by atoms with Crippen molar-refractivity contribution in [1.82, 2.24) is 4.72 Å². The second kappa shape index (κ2) is 5.20. The van der Waals surface area contributed by atoms with Crippen molar-refractivity contribution in [3.63, 3.8) is 0 Å². The Balaban J connectivity index is 3.67. The van der Waals surface area contributed by atoms with E-state index in [-0.39, 0.29) is 0 Å². The molecule has 19 heavy (non-hydrogen) atoms. The summed E-state index contributed by atoms with van der Waals surface area (Å²) in [5, 5.41) is 20.3. The molecule has 0 saturated heterocycles. The lowest BCUT2D eigenvalue weighted by Crippen LogP contribution is -2.19. The van der Waals surface area contributed by atoms with Crippen LogP contribution in [0.2, 0.25) is 0 Å². The molecule has 0 saturated carbocycles. The van der Waals surface area contributed by atoms with Crippen LogP contribution in [0.1, 0.15) is 10.4 Å². The number of nitro benzene ring substituents is 1. The number of nitrogens with one attached hydrogen (secondary N) is 1. The molecule has 0 amide bonds. The molecule has 0 bridgehead atoms. The van der Waals surface area contributed by atoms with Gasteiger partial charge in [0.2, 0.25) is 15.8 Å². The first-order valence-electron chi connectivity index (χ1n) is 4.78. The molecule has 0 aliphatic heterocycles. The number of benzene rings is 1. The summed E-state index contributed by atoms with van der Waals surface area (Å²) in [6, 6.07) is 1.44. The predicted octanol–water partition coefficient (Wildman–Crippen LogP) is -0.00490. The van der Waals surface area contributed by atoms with Gasteiger partial charge in [-0.25, -0.2) is 17.9 Å². The second-order valence-electron chi connectivity index (χ2n) is 3.29. The molecule has 0 spiro atoms. The Kier molecular flexibility index (Phi) is 4.07. The fraction of sp³-hybridized carbons (Fsp3) is 0.222. The van der Waals surface area contributed by atoms with Gasteiger partial charge in [0.15, 0.2) is 0 Å². The molecule has 0 aliphatic carbocycles. The number of carbonyl (C=O) groups is 1. The summed E-state index contributed by atoms with van der Waals surface area (Å²) in [5.41, 5.74) is -1.51. The van der Waals surface area contributed by atoms with Crippen molar-refractivity contribution in [3.8, 4) is 5.75 Å². The number of nitro groups is 1. The average molecular weight is 290 g/mol. The highest BCUT2D eigenvalue weighted by Gasteiger charge is 2.27. The van der Waals surface area contributed by atoms with Crippen molar-refractivity contribution in [2.24, 2.45) is 0 Å². The third-order valence-corrected chi connectivity index (χ3v) is 3.64. The molecular weight excluding hydrogens is 280 g/mol. The van der Waals surface area contributed by atoms with E-state index in [1.54, 1.807) is 0 Å². The van der Waals surface area contributed by atoms with Crippen LogP contribution in [-0.2, 0) is 14.8 Å². The molecule has 1 aromatic rings. The van der Waals surface area contributed by atoms with E-state index in [2.05, 4.69) is 4.74 Å². The maximum Gasteiger partial charge on any atom is 0.341 e. The van der Waals surface area contributed by atoms with E-state index in [4.69, 9.17) is 0 Å². The minimum Gasteiger partial charge on any atom is -0.501 e.